The Morgan fingerprint density at radius 3 is 2.30 bits per heavy atom. The summed E-state index contributed by atoms with van der Waals surface area (Å²) in [5.74, 6) is 0.839. The van der Waals surface area contributed by atoms with Gasteiger partial charge < -0.3 is 5.73 Å². The normalized spacial score (nSPS) is 11.5. The van der Waals surface area contributed by atoms with Crippen molar-refractivity contribution in [2.75, 3.05) is 6.26 Å². The molecule has 0 saturated carbocycles. The van der Waals surface area contributed by atoms with E-state index in [1.165, 1.54) is 11.8 Å². The molecule has 0 saturated heterocycles. The van der Waals surface area contributed by atoms with Crippen LogP contribution in [0.15, 0.2) is 58.3 Å². The molecule has 2 rings (SSSR count). The monoisotopic (exact) mass is 307 g/mol. The molecule has 2 N–H and O–H groups in total. The Labute approximate surface area is 124 Å². The van der Waals surface area contributed by atoms with Crippen LogP contribution in [-0.2, 0) is 22.1 Å². The van der Waals surface area contributed by atoms with Crippen molar-refractivity contribution in [3.8, 4) is 0 Å². The Bertz CT molecular complexity index is 679. The van der Waals surface area contributed by atoms with Crippen LogP contribution in [0.2, 0.25) is 0 Å². The van der Waals surface area contributed by atoms with E-state index in [2.05, 4.69) is 12.1 Å². The van der Waals surface area contributed by atoms with Gasteiger partial charge in [-0.3, -0.25) is 0 Å². The van der Waals surface area contributed by atoms with Crippen LogP contribution >= 0.6 is 11.8 Å². The lowest BCUT2D eigenvalue weighted by Gasteiger charge is -2.05. The average molecular weight is 307 g/mol. The third-order valence-corrected chi connectivity index (χ3v) is 5.10. The highest BCUT2D eigenvalue weighted by molar-refractivity contribution is 7.98. The molecule has 0 fully saturated rings. The zero-order valence-corrected chi connectivity index (χ0v) is 12.9. The first kappa shape index (κ1) is 15.1. The van der Waals surface area contributed by atoms with Crippen molar-refractivity contribution in [2.45, 2.75) is 22.1 Å². The Morgan fingerprint density at radius 1 is 1.05 bits per heavy atom. The van der Waals surface area contributed by atoms with E-state index in [0.717, 1.165) is 16.2 Å². The van der Waals surface area contributed by atoms with Crippen molar-refractivity contribution in [2.24, 2.45) is 5.73 Å². The van der Waals surface area contributed by atoms with E-state index < -0.39 is 9.84 Å². The standard InChI is InChI=1S/C15H17NO2S2/c1-20(17,18)15-7-5-14(6-8-15)19-11-13-4-2-3-12(9-13)10-16/h2-9H,10-11,16H2,1H3. The molecule has 2 aromatic carbocycles. The van der Waals surface area contributed by atoms with Crippen LogP contribution in [0.25, 0.3) is 0 Å². The van der Waals surface area contributed by atoms with E-state index in [1.807, 2.05) is 24.3 Å². The maximum Gasteiger partial charge on any atom is 0.175 e. The molecule has 2 aromatic rings. The highest BCUT2D eigenvalue weighted by Crippen LogP contribution is 2.24. The van der Waals surface area contributed by atoms with Gasteiger partial charge in [-0.15, -0.1) is 11.8 Å². The number of benzene rings is 2. The van der Waals surface area contributed by atoms with Gasteiger partial charge in [0.15, 0.2) is 9.84 Å². The molecule has 0 spiro atoms. The maximum atomic E-state index is 11.4. The van der Waals surface area contributed by atoms with Crippen LogP contribution in [0.3, 0.4) is 0 Å². The van der Waals surface area contributed by atoms with E-state index in [1.54, 1.807) is 23.9 Å². The minimum Gasteiger partial charge on any atom is -0.326 e. The Kier molecular flexibility index (Phi) is 4.86. The van der Waals surface area contributed by atoms with Crippen LogP contribution in [0.1, 0.15) is 11.1 Å². The van der Waals surface area contributed by atoms with Crippen LogP contribution in [0, 0.1) is 0 Å². The van der Waals surface area contributed by atoms with Crippen molar-refractivity contribution in [1.82, 2.24) is 0 Å². The molecule has 106 valence electrons. The lowest BCUT2D eigenvalue weighted by atomic mass is 10.1. The molecule has 0 aromatic heterocycles. The Hall–Kier alpha value is -1.30. The number of thioether (sulfide) groups is 1. The third kappa shape index (κ3) is 4.10. The maximum absolute atomic E-state index is 11.4. The number of hydrogen-bond donors (Lipinski definition) is 1. The van der Waals surface area contributed by atoms with Gasteiger partial charge in [-0.2, -0.15) is 0 Å². The predicted octanol–water partition coefficient (Wildman–Crippen LogP) is 2.84. The van der Waals surface area contributed by atoms with E-state index in [9.17, 15) is 8.42 Å². The van der Waals surface area contributed by atoms with Crippen molar-refractivity contribution in [3.05, 3.63) is 59.7 Å². The SMILES string of the molecule is CS(=O)(=O)c1ccc(SCc2cccc(CN)c2)cc1. The summed E-state index contributed by atoms with van der Waals surface area (Å²) in [5, 5.41) is 0. The molecule has 0 heterocycles. The molecular weight excluding hydrogens is 290 g/mol. The van der Waals surface area contributed by atoms with Crippen molar-refractivity contribution < 1.29 is 8.42 Å². The molecule has 0 aliphatic rings. The predicted molar refractivity (Wildman–Crippen MR) is 83.4 cm³/mol. The summed E-state index contributed by atoms with van der Waals surface area (Å²) >= 11 is 1.68. The number of nitrogens with two attached hydrogens (primary N) is 1. The first-order valence-corrected chi connectivity index (χ1v) is 9.07. The van der Waals surface area contributed by atoms with Gasteiger partial charge in [-0.25, -0.2) is 8.42 Å². The van der Waals surface area contributed by atoms with E-state index >= 15 is 0 Å². The zero-order chi connectivity index (χ0) is 14.6. The van der Waals surface area contributed by atoms with Crippen LogP contribution in [0.4, 0.5) is 0 Å². The second-order valence-corrected chi connectivity index (χ2v) is 7.62. The van der Waals surface area contributed by atoms with Crippen LogP contribution in [0.5, 0.6) is 0 Å². The first-order chi connectivity index (χ1) is 9.49. The fourth-order valence-corrected chi connectivity index (χ4v) is 3.27. The van der Waals surface area contributed by atoms with Crippen LogP contribution < -0.4 is 5.73 Å². The third-order valence-electron chi connectivity index (χ3n) is 2.88. The second kappa shape index (κ2) is 6.43. The van der Waals surface area contributed by atoms with Crippen molar-refractivity contribution in [1.29, 1.82) is 0 Å². The topological polar surface area (TPSA) is 60.2 Å². The lowest BCUT2D eigenvalue weighted by Crippen LogP contribution is -1.96. The molecule has 0 unspecified atom stereocenters. The lowest BCUT2D eigenvalue weighted by molar-refractivity contribution is 0.602. The molecule has 20 heavy (non-hydrogen) atoms. The second-order valence-electron chi connectivity index (χ2n) is 4.56. The largest absolute Gasteiger partial charge is 0.326 e. The van der Waals surface area contributed by atoms with Gasteiger partial charge in [0.2, 0.25) is 0 Å². The number of sulfone groups is 1. The van der Waals surface area contributed by atoms with Gasteiger partial charge in [0.05, 0.1) is 4.90 Å². The number of rotatable bonds is 5. The van der Waals surface area contributed by atoms with Gasteiger partial charge in [0.25, 0.3) is 0 Å². The van der Waals surface area contributed by atoms with E-state index in [4.69, 9.17) is 5.73 Å². The van der Waals surface area contributed by atoms with Gasteiger partial charge in [0.1, 0.15) is 0 Å². The molecule has 0 radical (unpaired) electrons. The summed E-state index contributed by atoms with van der Waals surface area (Å²) in [4.78, 5) is 1.41. The molecule has 0 amide bonds. The fraction of sp³-hybridized carbons (Fsp3) is 0.200. The molecule has 0 bridgehead atoms. The summed E-state index contributed by atoms with van der Waals surface area (Å²) < 4.78 is 22.8. The molecular formula is C15H17NO2S2. The van der Waals surface area contributed by atoms with Crippen LogP contribution in [-0.4, -0.2) is 14.7 Å². The van der Waals surface area contributed by atoms with E-state index in [0.29, 0.717) is 11.4 Å². The number of hydrogen-bond acceptors (Lipinski definition) is 4. The zero-order valence-electron chi connectivity index (χ0n) is 11.2. The highest BCUT2D eigenvalue weighted by Gasteiger charge is 2.06. The molecule has 0 aliphatic carbocycles. The smallest absolute Gasteiger partial charge is 0.175 e. The van der Waals surface area contributed by atoms with Crippen molar-refractivity contribution in [3.63, 3.8) is 0 Å². The minimum atomic E-state index is -3.12. The average Bonchev–Trinajstić information content (AvgIpc) is 2.45. The quantitative estimate of drug-likeness (QED) is 0.863. The summed E-state index contributed by atoms with van der Waals surface area (Å²) in [7, 11) is -3.12. The van der Waals surface area contributed by atoms with Gasteiger partial charge >= 0.3 is 0 Å². The molecule has 3 nitrogen and oxygen atoms in total. The summed E-state index contributed by atoms with van der Waals surface area (Å²) in [5.41, 5.74) is 7.95. The summed E-state index contributed by atoms with van der Waals surface area (Å²) in [6, 6.07) is 15.2. The molecule has 5 heteroatoms. The van der Waals surface area contributed by atoms with E-state index in [-0.39, 0.29) is 0 Å². The molecule has 0 aliphatic heterocycles. The van der Waals surface area contributed by atoms with Crippen molar-refractivity contribution >= 4 is 21.6 Å². The fourth-order valence-electron chi connectivity index (χ4n) is 1.80. The van der Waals surface area contributed by atoms with Gasteiger partial charge in [-0.1, -0.05) is 24.3 Å². The van der Waals surface area contributed by atoms with Gasteiger partial charge in [0, 0.05) is 23.4 Å². The minimum absolute atomic E-state index is 0.354. The summed E-state index contributed by atoms with van der Waals surface area (Å²) in [6.45, 7) is 0.543. The highest BCUT2D eigenvalue weighted by atomic mass is 32.2. The first-order valence-electron chi connectivity index (χ1n) is 6.20. The Morgan fingerprint density at radius 2 is 1.70 bits per heavy atom. The Balaban J connectivity index is 2.04. The summed E-state index contributed by atoms with van der Waals surface area (Å²) in [6.07, 6.45) is 1.22. The van der Waals surface area contributed by atoms with Gasteiger partial charge in [-0.05, 0) is 35.4 Å². The molecule has 0 atom stereocenters.